The van der Waals surface area contributed by atoms with E-state index in [1.807, 2.05) is 0 Å². The summed E-state index contributed by atoms with van der Waals surface area (Å²) in [5.74, 6) is -1.86. The second-order valence-electron chi connectivity index (χ2n) is 4.92. The van der Waals surface area contributed by atoms with Crippen molar-refractivity contribution < 1.29 is 19.2 Å². The lowest BCUT2D eigenvalue weighted by atomic mass is 10.2. The molecular formula is C16H13FN2O3. The predicted octanol–water partition coefficient (Wildman–Crippen LogP) is 2.35. The van der Waals surface area contributed by atoms with Gasteiger partial charge in [0.05, 0.1) is 17.8 Å². The molecule has 0 spiro atoms. The molecule has 1 saturated heterocycles. The van der Waals surface area contributed by atoms with Crippen LogP contribution in [0, 0.1) is 5.82 Å². The number of hydrogen-bond donors (Lipinski definition) is 1. The highest BCUT2D eigenvalue weighted by Crippen LogP contribution is 2.29. The molecule has 0 unspecified atom stereocenters. The molecule has 3 rings (SSSR count). The van der Waals surface area contributed by atoms with Crippen molar-refractivity contribution in [1.82, 2.24) is 0 Å². The third-order valence-corrected chi connectivity index (χ3v) is 3.53. The molecule has 2 aromatic carbocycles. The van der Waals surface area contributed by atoms with Gasteiger partial charge in [0.2, 0.25) is 5.91 Å². The fourth-order valence-corrected chi connectivity index (χ4v) is 2.45. The van der Waals surface area contributed by atoms with Crippen LogP contribution in [0.4, 0.5) is 15.8 Å². The molecule has 1 fully saturated rings. The highest BCUT2D eigenvalue weighted by atomic mass is 19.1. The molecule has 22 heavy (non-hydrogen) atoms. The van der Waals surface area contributed by atoms with Gasteiger partial charge >= 0.3 is 0 Å². The number of hydroxylamine groups is 1. The zero-order valence-corrected chi connectivity index (χ0v) is 11.5. The summed E-state index contributed by atoms with van der Waals surface area (Å²) in [7, 11) is 0. The Labute approximate surface area is 126 Å². The van der Waals surface area contributed by atoms with E-state index in [0.717, 1.165) is 9.96 Å². The molecule has 0 aromatic heterocycles. The van der Waals surface area contributed by atoms with Crippen LogP contribution >= 0.6 is 0 Å². The molecule has 1 aliphatic heterocycles. The molecule has 0 saturated carbocycles. The van der Waals surface area contributed by atoms with Gasteiger partial charge in [0, 0.05) is 0 Å². The summed E-state index contributed by atoms with van der Waals surface area (Å²) in [5, 5.41) is 10.9. The van der Waals surface area contributed by atoms with E-state index in [9.17, 15) is 19.2 Å². The Balaban J connectivity index is 1.91. The van der Waals surface area contributed by atoms with Crippen molar-refractivity contribution in [2.24, 2.45) is 0 Å². The zero-order valence-electron chi connectivity index (χ0n) is 11.5. The minimum Gasteiger partial charge on any atom is -0.288 e. The fourth-order valence-electron chi connectivity index (χ4n) is 2.45. The van der Waals surface area contributed by atoms with Crippen molar-refractivity contribution >= 4 is 23.2 Å². The van der Waals surface area contributed by atoms with E-state index in [0.29, 0.717) is 5.69 Å². The normalized spacial score (nSPS) is 17.9. The van der Waals surface area contributed by atoms with Gasteiger partial charge in [-0.25, -0.2) is 14.4 Å². The first kappa shape index (κ1) is 14.2. The van der Waals surface area contributed by atoms with Crippen molar-refractivity contribution in [3.05, 3.63) is 60.4 Å². The maximum Gasteiger partial charge on any atom is 0.259 e. The van der Waals surface area contributed by atoms with E-state index in [-0.39, 0.29) is 12.1 Å². The van der Waals surface area contributed by atoms with Crippen LogP contribution < -0.4 is 9.96 Å². The number of para-hydroxylation sites is 2. The monoisotopic (exact) mass is 300 g/mol. The van der Waals surface area contributed by atoms with Crippen LogP contribution in [0.15, 0.2) is 54.6 Å². The standard InChI is InChI=1S/C16H13FN2O3/c17-12-8-4-5-9-13(12)18-15(20)10-14(16(18)21)19(22)11-6-2-1-3-7-11/h1-9,14,22H,10H2/t14-/m1/s1. The summed E-state index contributed by atoms with van der Waals surface area (Å²) in [6.07, 6.45) is -0.210. The first-order chi connectivity index (χ1) is 10.6. The summed E-state index contributed by atoms with van der Waals surface area (Å²) in [6.45, 7) is 0. The summed E-state index contributed by atoms with van der Waals surface area (Å²) < 4.78 is 13.8. The number of hydrogen-bond acceptors (Lipinski definition) is 4. The van der Waals surface area contributed by atoms with Crippen LogP contribution in [-0.2, 0) is 9.59 Å². The second-order valence-corrected chi connectivity index (χ2v) is 4.92. The Morgan fingerprint density at radius 2 is 1.68 bits per heavy atom. The average Bonchev–Trinajstić information content (AvgIpc) is 2.83. The van der Waals surface area contributed by atoms with Crippen LogP contribution in [0.25, 0.3) is 0 Å². The number of halogens is 1. The second kappa shape index (κ2) is 5.57. The third kappa shape index (κ3) is 2.33. The van der Waals surface area contributed by atoms with Crippen LogP contribution in [0.2, 0.25) is 0 Å². The van der Waals surface area contributed by atoms with Crippen molar-refractivity contribution in [1.29, 1.82) is 0 Å². The predicted molar refractivity (Wildman–Crippen MR) is 78.0 cm³/mol. The molecule has 112 valence electrons. The molecule has 0 aliphatic carbocycles. The molecule has 2 aromatic rings. The van der Waals surface area contributed by atoms with Crippen LogP contribution in [0.1, 0.15) is 6.42 Å². The van der Waals surface area contributed by atoms with Crippen LogP contribution in [-0.4, -0.2) is 23.1 Å². The topological polar surface area (TPSA) is 60.9 Å². The van der Waals surface area contributed by atoms with Gasteiger partial charge in [0.15, 0.2) is 0 Å². The number of carbonyl (C=O) groups excluding carboxylic acids is 2. The number of amides is 2. The molecule has 1 atom stereocenters. The number of carbonyl (C=O) groups is 2. The number of nitrogens with zero attached hydrogens (tertiary/aromatic N) is 2. The number of anilines is 2. The van der Waals surface area contributed by atoms with Gasteiger partial charge in [-0.1, -0.05) is 30.3 Å². The molecular weight excluding hydrogens is 287 g/mol. The lowest BCUT2D eigenvalue weighted by Crippen LogP contribution is -2.40. The highest BCUT2D eigenvalue weighted by molar-refractivity contribution is 6.23. The van der Waals surface area contributed by atoms with Gasteiger partial charge in [-0.15, -0.1) is 0 Å². The largest absolute Gasteiger partial charge is 0.288 e. The van der Waals surface area contributed by atoms with Crippen molar-refractivity contribution in [3.8, 4) is 0 Å². The zero-order chi connectivity index (χ0) is 15.7. The molecule has 0 radical (unpaired) electrons. The fraction of sp³-hybridized carbons (Fsp3) is 0.125. The first-order valence-electron chi connectivity index (χ1n) is 6.74. The van der Waals surface area contributed by atoms with E-state index in [1.54, 1.807) is 36.4 Å². The number of imide groups is 1. The third-order valence-electron chi connectivity index (χ3n) is 3.53. The number of rotatable bonds is 3. The quantitative estimate of drug-likeness (QED) is 0.698. The van der Waals surface area contributed by atoms with E-state index >= 15 is 0 Å². The van der Waals surface area contributed by atoms with E-state index in [2.05, 4.69) is 0 Å². The smallest absolute Gasteiger partial charge is 0.259 e. The minimum atomic E-state index is -1.06. The average molecular weight is 300 g/mol. The number of benzene rings is 2. The molecule has 1 aliphatic rings. The summed E-state index contributed by atoms with van der Waals surface area (Å²) in [5.41, 5.74) is 0.297. The van der Waals surface area contributed by atoms with Crippen molar-refractivity contribution in [2.45, 2.75) is 12.5 Å². The van der Waals surface area contributed by atoms with Gasteiger partial charge in [0.25, 0.3) is 5.91 Å². The van der Waals surface area contributed by atoms with Gasteiger partial charge in [-0.05, 0) is 24.3 Å². The Bertz CT molecular complexity index is 720. The van der Waals surface area contributed by atoms with E-state index in [1.165, 1.54) is 18.2 Å². The van der Waals surface area contributed by atoms with Gasteiger partial charge in [-0.2, -0.15) is 0 Å². The van der Waals surface area contributed by atoms with Crippen LogP contribution in [0.3, 0.4) is 0 Å². The highest BCUT2D eigenvalue weighted by Gasteiger charge is 2.43. The van der Waals surface area contributed by atoms with E-state index < -0.39 is 23.7 Å². The Morgan fingerprint density at radius 1 is 1.05 bits per heavy atom. The maximum absolute atomic E-state index is 13.8. The van der Waals surface area contributed by atoms with Gasteiger partial charge in [0.1, 0.15) is 11.9 Å². The van der Waals surface area contributed by atoms with Gasteiger partial charge < -0.3 is 0 Å². The summed E-state index contributed by atoms with van der Waals surface area (Å²) in [6, 6.07) is 12.9. The van der Waals surface area contributed by atoms with Crippen LogP contribution in [0.5, 0.6) is 0 Å². The van der Waals surface area contributed by atoms with Gasteiger partial charge in [-0.3, -0.25) is 14.8 Å². The summed E-state index contributed by atoms with van der Waals surface area (Å²) in [4.78, 5) is 25.3. The summed E-state index contributed by atoms with van der Waals surface area (Å²) >= 11 is 0. The SMILES string of the molecule is O=C1C[C@@H](N(O)c2ccccc2)C(=O)N1c1ccccc1F. The van der Waals surface area contributed by atoms with E-state index in [4.69, 9.17) is 0 Å². The lowest BCUT2D eigenvalue weighted by Gasteiger charge is -2.22. The van der Waals surface area contributed by atoms with Crippen molar-refractivity contribution in [3.63, 3.8) is 0 Å². The molecule has 6 heteroatoms. The molecule has 1 N–H and O–H groups in total. The Morgan fingerprint density at radius 3 is 2.36 bits per heavy atom. The lowest BCUT2D eigenvalue weighted by molar-refractivity contribution is -0.121. The molecule has 2 amide bonds. The minimum absolute atomic E-state index is 0.0959. The van der Waals surface area contributed by atoms with Crippen molar-refractivity contribution in [2.75, 3.05) is 9.96 Å². The Hall–Kier alpha value is -2.73. The maximum atomic E-state index is 13.8. The molecule has 5 nitrogen and oxygen atoms in total. The molecule has 1 heterocycles. The first-order valence-corrected chi connectivity index (χ1v) is 6.74. The Kier molecular flexibility index (Phi) is 3.60. The molecule has 0 bridgehead atoms.